The normalized spacial score (nSPS) is 21.9. The number of oxazole rings is 1. The first-order chi connectivity index (χ1) is 24.1. The second-order valence-electron chi connectivity index (χ2n) is 12.7. The number of carbonyl (C=O) groups excluding carboxylic acids is 1. The van der Waals surface area contributed by atoms with E-state index in [9.17, 15) is 8.42 Å². The summed E-state index contributed by atoms with van der Waals surface area (Å²) in [6, 6.07) is 13.2. The summed E-state index contributed by atoms with van der Waals surface area (Å²) < 4.78 is 62.3. The van der Waals surface area contributed by atoms with Gasteiger partial charge in [0, 0.05) is 56.5 Å². The Morgan fingerprint density at radius 3 is 2.38 bits per heavy atom. The number of amides is 1. The first kappa shape index (κ1) is 34.4. The van der Waals surface area contributed by atoms with Gasteiger partial charge in [-0.1, -0.05) is 30.7 Å². The third-order valence-corrected chi connectivity index (χ3v) is 12.1. The van der Waals surface area contributed by atoms with Crippen LogP contribution in [0.3, 0.4) is 0 Å². The fraction of sp³-hybridized carbons (Fsp3) is 0.389. The number of fused-ring (bicyclic) bond motifs is 1. The number of anilines is 1. The molecule has 0 N–H and O–H groups in total. The number of rotatable bonds is 10. The highest BCUT2D eigenvalue weighted by molar-refractivity contribution is 7.93. The molecule has 0 aliphatic carbocycles. The molecule has 1 amide bonds. The van der Waals surface area contributed by atoms with Crippen LogP contribution in [0.2, 0.25) is 5.02 Å². The molecule has 0 radical (unpaired) electrons. The van der Waals surface area contributed by atoms with E-state index in [4.69, 9.17) is 25.5 Å². The first-order valence-electron chi connectivity index (χ1n) is 16.6. The third kappa shape index (κ3) is 5.65. The maximum absolute atomic E-state index is 15.5. The Morgan fingerprint density at radius 1 is 0.980 bits per heavy atom. The van der Waals surface area contributed by atoms with Gasteiger partial charge >= 0.3 is 0 Å². The summed E-state index contributed by atoms with van der Waals surface area (Å²) in [6.45, 7) is 8.01. The van der Waals surface area contributed by atoms with Crippen LogP contribution in [0.15, 0.2) is 76.4 Å². The molecule has 0 spiro atoms. The number of sulfonamides is 1. The van der Waals surface area contributed by atoms with Crippen LogP contribution in [0.4, 0.5) is 10.1 Å². The smallest absolute Gasteiger partial charge is 0.271 e. The Balaban J connectivity index is 1.43. The average Bonchev–Trinajstić information content (AvgIpc) is 3.88. The Morgan fingerprint density at radius 2 is 1.72 bits per heavy atom. The molecule has 2 fully saturated rings. The molecule has 14 heteroatoms. The van der Waals surface area contributed by atoms with Gasteiger partial charge in [0.1, 0.15) is 23.6 Å². The zero-order valence-electron chi connectivity index (χ0n) is 28.1. The summed E-state index contributed by atoms with van der Waals surface area (Å²) in [6.07, 6.45) is 4.23. The van der Waals surface area contributed by atoms with Gasteiger partial charge in [0.2, 0.25) is 5.89 Å². The summed E-state index contributed by atoms with van der Waals surface area (Å²) >= 11 is 6.48. The van der Waals surface area contributed by atoms with E-state index in [0.29, 0.717) is 53.2 Å². The molecule has 1 unspecified atom stereocenters. The van der Waals surface area contributed by atoms with Crippen molar-refractivity contribution in [2.24, 2.45) is 0 Å². The minimum absolute atomic E-state index is 0.134. The predicted molar refractivity (Wildman–Crippen MR) is 185 cm³/mol. The summed E-state index contributed by atoms with van der Waals surface area (Å²) in [5.41, 5.74) is -0.364. The molecule has 3 aromatic carbocycles. The molecule has 11 nitrogen and oxygen atoms in total. The first-order valence-corrected chi connectivity index (χ1v) is 18.5. The van der Waals surface area contributed by atoms with Crippen LogP contribution in [0.1, 0.15) is 48.4 Å². The lowest BCUT2D eigenvalue weighted by molar-refractivity contribution is -0.127. The fourth-order valence-electron chi connectivity index (χ4n) is 7.63. The summed E-state index contributed by atoms with van der Waals surface area (Å²) in [4.78, 5) is 26.4. The summed E-state index contributed by atoms with van der Waals surface area (Å²) in [7, 11) is -1.60. The van der Waals surface area contributed by atoms with E-state index in [1.807, 2.05) is 23.1 Å². The van der Waals surface area contributed by atoms with Crippen LogP contribution >= 0.6 is 11.6 Å². The number of nitrogens with zero attached hydrogens (tertiary/aromatic N) is 5. The van der Waals surface area contributed by atoms with Crippen LogP contribution in [-0.4, -0.2) is 87.5 Å². The lowest BCUT2D eigenvalue weighted by Gasteiger charge is -2.41. The van der Waals surface area contributed by atoms with E-state index >= 15 is 9.18 Å². The molecular formula is C36H39ClFN5O6S. The van der Waals surface area contributed by atoms with Gasteiger partial charge in [0.15, 0.2) is 5.54 Å². The summed E-state index contributed by atoms with van der Waals surface area (Å²) in [5.74, 6) is -0.476. The van der Waals surface area contributed by atoms with E-state index in [2.05, 4.69) is 21.7 Å². The number of likely N-dealkylation sites (N-methyl/N-ethyl adjacent to an activating group) is 1. The third-order valence-electron chi connectivity index (χ3n) is 10.1. The van der Waals surface area contributed by atoms with Crippen LogP contribution < -0.4 is 13.8 Å². The maximum Gasteiger partial charge on any atom is 0.271 e. The van der Waals surface area contributed by atoms with Crippen LogP contribution in [0, 0.1) is 5.82 Å². The topological polar surface area (TPSA) is 109 Å². The van der Waals surface area contributed by atoms with Crippen molar-refractivity contribution in [3.8, 4) is 11.5 Å². The lowest BCUT2D eigenvalue weighted by atomic mass is 9.80. The molecular weight excluding hydrogens is 685 g/mol. The van der Waals surface area contributed by atoms with E-state index in [1.165, 1.54) is 57.0 Å². The van der Waals surface area contributed by atoms with Crippen molar-refractivity contribution in [3.05, 3.63) is 100 Å². The Hall–Kier alpha value is -4.01. The minimum Gasteiger partial charge on any atom is -0.497 e. The van der Waals surface area contributed by atoms with Crippen molar-refractivity contribution >= 4 is 33.2 Å². The predicted octanol–water partition coefficient (Wildman–Crippen LogP) is 5.44. The number of likely N-dealkylation sites (tertiary alicyclic amines) is 1. The Bertz CT molecular complexity index is 1990. The molecule has 4 aromatic rings. The van der Waals surface area contributed by atoms with Gasteiger partial charge in [-0.15, -0.1) is 0 Å². The highest BCUT2D eigenvalue weighted by Crippen LogP contribution is 2.57. The molecule has 50 heavy (non-hydrogen) atoms. The number of benzene rings is 3. The number of aromatic nitrogens is 1. The van der Waals surface area contributed by atoms with Crippen molar-refractivity contribution < 1.29 is 31.5 Å². The molecule has 4 heterocycles. The van der Waals surface area contributed by atoms with Crippen LogP contribution in [0.25, 0.3) is 0 Å². The molecule has 7 rings (SSSR count). The van der Waals surface area contributed by atoms with E-state index in [-0.39, 0.29) is 21.2 Å². The van der Waals surface area contributed by atoms with Gasteiger partial charge in [-0.2, -0.15) is 0 Å². The second-order valence-corrected chi connectivity index (χ2v) is 14.9. The molecule has 264 valence electrons. The average molecular weight is 724 g/mol. The zero-order valence-corrected chi connectivity index (χ0v) is 29.7. The minimum atomic E-state index is -4.59. The van der Waals surface area contributed by atoms with Crippen molar-refractivity contribution in [2.75, 3.05) is 57.8 Å². The van der Waals surface area contributed by atoms with E-state index in [1.54, 1.807) is 0 Å². The number of hydrogen-bond acceptors (Lipinski definition) is 10. The van der Waals surface area contributed by atoms with Gasteiger partial charge in [0.05, 0.1) is 42.1 Å². The number of piperazine rings is 1. The van der Waals surface area contributed by atoms with Crippen molar-refractivity contribution in [2.45, 2.75) is 42.8 Å². The number of halogens is 2. The van der Waals surface area contributed by atoms with E-state index < -0.39 is 33.3 Å². The van der Waals surface area contributed by atoms with Crippen LogP contribution in [-0.2, 0) is 26.9 Å². The van der Waals surface area contributed by atoms with Crippen LogP contribution in [0.5, 0.6) is 11.5 Å². The number of carbonyl (C=O) groups is 1. The lowest BCUT2D eigenvalue weighted by Crippen LogP contribution is -2.54. The van der Waals surface area contributed by atoms with E-state index in [0.717, 1.165) is 44.4 Å². The largest absolute Gasteiger partial charge is 0.497 e. The van der Waals surface area contributed by atoms with Gasteiger partial charge in [-0.05, 0) is 61.3 Å². The van der Waals surface area contributed by atoms with Gasteiger partial charge in [0.25, 0.3) is 15.9 Å². The molecule has 3 aliphatic rings. The highest BCUT2D eigenvalue weighted by atomic mass is 35.5. The second kappa shape index (κ2) is 13.6. The molecule has 1 aromatic heterocycles. The number of hydrogen-bond donors (Lipinski definition) is 0. The van der Waals surface area contributed by atoms with Gasteiger partial charge < -0.3 is 18.8 Å². The molecule has 0 bridgehead atoms. The fourth-order valence-corrected chi connectivity index (χ4v) is 9.24. The summed E-state index contributed by atoms with van der Waals surface area (Å²) in [5, 5.41) is -0.252. The zero-order chi connectivity index (χ0) is 35.2. The maximum atomic E-state index is 15.5. The molecule has 2 saturated heterocycles. The Labute approximate surface area is 296 Å². The van der Waals surface area contributed by atoms with Gasteiger partial charge in [-0.25, -0.2) is 22.1 Å². The SMILES string of the molecule is CCN1CCN(Cc2ccc(C3(N4CCC[C@H]4c4ncco4)C(=O)N(S(=O)(=O)c4ccc(OC)cc4)c4cc(F)c(Cl)cc43)c(OC)c2)CC1. The Kier molecular flexibility index (Phi) is 9.37. The van der Waals surface area contributed by atoms with Crippen molar-refractivity contribution in [1.29, 1.82) is 0 Å². The highest BCUT2D eigenvalue weighted by Gasteiger charge is 2.63. The van der Waals surface area contributed by atoms with Crippen molar-refractivity contribution in [1.82, 2.24) is 19.7 Å². The molecule has 0 saturated carbocycles. The van der Waals surface area contributed by atoms with Crippen molar-refractivity contribution in [3.63, 3.8) is 0 Å². The standard InChI is InChI=1S/C36H39ClFN5O6S/c1-4-40-15-17-41(18-16-40)23-24-7-12-27(33(20-24)48-3)36(42-14-5-6-31(42)34-39-13-19-49-34)28-21-29(37)30(38)22-32(28)43(35(36)44)50(45,46)26-10-8-25(47-2)9-11-26/h7-13,19-22,31H,4-6,14-18,23H2,1-3H3/t31-,36?/m0/s1. The molecule has 2 atom stereocenters. The van der Waals surface area contributed by atoms with Gasteiger partial charge in [-0.3, -0.25) is 14.6 Å². The number of methoxy groups -OCH3 is 2. The quantitative estimate of drug-likeness (QED) is 0.210. The monoisotopic (exact) mass is 723 g/mol. The number of ether oxygens (including phenoxy) is 2. The molecule has 3 aliphatic heterocycles.